The highest BCUT2D eigenvalue weighted by Gasteiger charge is 2.21. The molecule has 0 bridgehead atoms. The standard InChI is InChI=1S/C17H17ClN2O3/c1-17(2,3)11-4-7-13(8-5-11)19-16(21)14-9-6-12(18)10-15(14)20(22)23/h4-10H,1-3H3,(H,19,21). The fourth-order valence-electron chi connectivity index (χ4n) is 2.10. The fraction of sp³-hybridized carbons (Fsp3) is 0.235. The van der Waals surface area contributed by atoms with Gasteiger partial charge in [0, 0.05) is 16.8 Å². The van der Waals surface area contributed by atoms with Crippen LogP contribution in [0.2, 0.25) is 5.02 Å². The predicted molar refractivity (Wildman–Crippen MR) is 91.2 cm³/mol. The van der Waals surface area contributed by atoms with Crippen molar-refractivity contribution in [2.75, 3.05) is 5.32 Å². The Hall–Kier alpha value is -2.40. The molecule has 1 N–H and O–H groups in total. The topological polar surface area (TPSA) is 72.2 Å². The molecule has 120 valence electrons. The minimum atomic E-state index is -0.622. The molecule has 0 saturated carbocycles. The number of hydrogen-bond donors (Lipinski definition) is 1. The summed E-state index contributed by atoms with van der Waals surface area (Å²) in [5, 5.41) is 13.9. The highest BCUT2D eigenvalue weighted by molar-refractivity contribution is 6.31. The third-order valence-corrected chi connectivity index (χ3v) is 3.64. The Balaban J connectivity index is 2.24. The summed E-state index contributed by atoms with van der Waals surface area (Å²) in [7, 11) is 0. The lowest BCUT2D eigenvalue weighted by Gasteiger charge is -2.19. The monoisotopic (exact) mass is 332 g/mol. The van der Waals surface area contributed by atoms with Crippen LogP contribution in [0.3, 0.4) is 0 Å². The average molecular weight is 333 g/mol. The predicted octanol–water partition coefficient (Wildman–Crippen LogP) is 4.80. The minimum absolute atomic E-state index is 0.0114. The van der Waals surface area contributed by atoms with Crippen LogP contribution in [-0.4, -0.2) is 10.8 Å². The average Bonchev–Trinajstić information content (AvgIpc) is 2.46. The maximum absolute atomic E-state index is 12.3. The van der Waals surface area contributed by atoms with Crippen molar-refractivity contribution < 1.29 is 9.72 Å². The summed E-state index contributed by atoms with van der Waals surface area (Å²) in [5.74, 6) is -0.545. The van der Waals surface area contributed by atoms with Crippen molar-refractivity contribution in [2.24, 2.45) is 0 Å². The molecule has 1 amide bonds. The number of hydrogen-bond acceptors (Lipinski definition) is 3. The Morgan fingerprint density at radius 2 is 1.74 bits per heavy atom. The Morgan fingerprint density at radius 1 is 1.13 bits per heavy atom. The van der Waals surface area contributed by atoms with Crippen molar-refractivity contribution in [1.29, 1.82) is 0 Å². The SMILES string of the molecule is CC(C)(C)c1ccc(NC(=O)c2ccc(Cl)cc2[N+](=O)[O-])cc1. The van der Waals surface area contributed by atoms with Crippen LogP contribution in [0.15, 0.2) is 42.5 Å². The van der Waals surface area contributed by atoms with E-state index in [9.17, 15) is 14.9 Å². The molecule has 0 radical (unpaired) electrons. The summed E-state index contributed by atoms with van der Waals surface area (Å²) in [6.07, 6.45) is 0. The molecule has 0 spiro atoms. The van der Waals surface area contributed by atoms with E-state index < -0.39 is 10.8 Å². The Morgan fingerprint density at radius 3 is 2.26 bits per heavy atom. The number of amides is 1. The third-order valence-electron chi connectivity index (χ3n) is 3.41. The number of nitro groups is 1. The lowest BCUT2D eigenvalue weighted by molar-refractivity contribution is -0.385. The first kappa shape index (κ1) is 17.0. The van der Waals surface area contributed by atoms with Gasteiger partial charge < -0.3 is 5.32 Å². The van der Waals surface area contributed by atoms with Crippen LogP contribution in [0.4, 0.5) is 11.4 Å². The van der Waals surface area contributed by atoms with Gasteiger partial charge >= 0.3 is 0 Å². The van der Waals surface area contributed by atoms with Crippen molar-refractivity contribution in [1.82, 2.24) is 0 Å². The van der Waals surface area contributed by atoms with Gasteiger partial charge in [0.25, 0.3) is 11.6 Å². The van der Waals surface area contributed by atoms with Crippen LogP contribution in [0.5, 0.6) is 0 Å². The lowest BCUT2D eigenvalue weighted by Crippen LogP contribution is -2.15. The molecule has 0 unspecified atom stereocenters. The molecule has 2 aromatic carbocycles. The zero-order chi connectivity index (χ0) is 17.2. The van der Waals surface area contributed by atoms with E-state index in [0.29, 0.717) is 5.69 Å². The lowest BCUT2D eigenvalue weighted by atomic mass is 9.87. The summed E-state index contributed by atoms with van der Waals surface area (Å²) in [6.45, 7) is 6.28. The molecule has 0 aliphatic rings. The van der Waals surface area contributed by atoms with E-state index in [1.165, 1.54) is 18.2 Å². The summed E-state index contributed by atoms with van der Waals surface area (Å²) in [4.78, 5) is 22.7. The van der Waals surface area contributed by atoms with Gasteiger partial charge in [-0.05, 0) is 35.2 Å². The quantitative estimate of drug-likeness (QED) is 0.648. The first-order valence-corrected chi connectivity index (χ1v) is 7.42. The normalized spacial score (nSPS) is 11.1. The van der Waals surface area contributed by atoms with Crippen LogP contribution in [0.25, 0.3) is 0 Å². The van der Waals surface area contributed by atoms with Crippen molar-refractivity contribution >= 4 is 28.9 Å². The molecule has 5 nitrogen and oxygen atoms in total. The van der Waals surface area contributed by atoms with E-state index in [1.807, 2.05) is 12.1 Å². The number of nitro benzene ring substituents is 1. The van der Waals surface area contributed by atoms with Gasteiger partial charge in [0.05, 0.1) is 4.92 Å². The summed E-state index contributed by atoms with van der Waals surface area (Å²) >= 11 is 5.75. The summed E-state index contributed by atoms with van der Waals surface area (Å²) < 4.78 is 0. The number of carbonyl (C=O) groups excluding carboxylic acids is 1. The number of carbonyl (C=O) groups is 1. The number of halogens is 1. The molecule has 2 rings (SSSR count). The molecule has 0 aliphatic heterocycles. The van der Waals surface area contributed by atoms with Crippen LogP contribution in [-0.2, 0) is 5.41 Å². The molecule has 0 atom stereocenters. The number of anilines is 1. The largest absolute Gasteiger partial charge is 0.322 e. The molecule has 0 aliphatic carbocycles. The smallest absolute Gasteiger partial charge is 0.283 e. The molecular formula is C17H17ClN2O3. The van der Waals surface area contributed by atoms with Crippen molar-refractivity contribution in [3.8, 4) is 0 Å². The molecule has 0 heterocycles. The molecule has 23 heavy (non-hydrogen) atoms. The molecule has 0 fully saturated rings. The molecule has 0 saturated heterocycles. The maximum Gasteiger partial charge on any atom is 0.283 e. The van der Waals surface area contributed by atoms with Gasteiger partial charge in [-0.25, -0.2) is 0 Å². The van der Waals surface area contributed by atoms with E-state index in [0.717, 1.165) is 5.56 Å². The summed E-state index contributed by atoms with van der Waals surface area (Å²) in [5.41, 5.74) is 1.37. The van der Waals surface area contributed by atoms with Gasteiger partial charge in [0.1, 0.15) is 5.56 Å². The minimum Gasteiger partial charge on any atom is -0.322 e. The molecule has 6 heteroatoms. The van der Waals surface area contributed by atoms with E-state index in [4.69, 9.17) is 11.6 Å². The van der Waals surface area contributed by atoms with Gasteiger partial charge in [0.15, 0.2) is 0 Å². The second-order valence-electron chi connectivity index (χ2n) is 6.20. The van der Waals surface area contributed by atoms with Crippen molar-refractivity contribution in [3.05, 3.63) is 68.7 Å². The Bertz CT molecular complexity index is 749. The zero-order valence-electron chi connectivity index (χ0n) is 13.1. The third kappa shape index (κ3) is 4.07. The Labute approximate surface area is 139 Å². The summed E-state index contributed by atoms with van der Waals surface area (Å²) in [6, 6.07) is 11.4. The van der Waals surface area contributed by atoms with E-state index in [1.54, 1.807) is 12.1 Å². The number of rotatable bonds is 3. The van der Waals surface area contributed by atoms with Gasteiger partial charge in [-0.2, -0.15) is 0 Å². The van der Waals surface area contributed by atoms with Crippen molar-refractivity contribution in [3.63, 3.8) is 0 Å². The fourth-order valence-corrected chi connectivity index (χ4v) is 2.27. The first-order chi connectivity index (χ1) is 10.7. The van der Waals surface area contributed by atoms with Gasteiger partial charge in [0.2, 0.25) is 0 Å². The van der Waals surface area contributed by atoms with E-state index in [2.05, 4.69) is 26.1 Å². The van der Waals surface area contributed by atoms with E-state index >= 15 is 0 Å². The Kier molecular flexibility index (Phi) is 4.71. The number of nitrogens with zero attached hydrogens (tertiary/aromatic N) is 1. The van der Waals surface area contributed by atoms with Crippen LogP contribution in [0, 0.1) is 10.1 Å². The van der Waals surface area contributed by atoms with Gasteiger partial charge in [-0.15, -0.1) is 0 Å². The molecule has 2 aromatic rings. The zero-order valence-corrected chi connectivity index (χ0v) is 13.8. The van der Waals surface area contributed by atoms with Crippen LogP contribution >= 0.6 is 11.6 Å². The second-order valence-corrected chi connectivity index (χ2v) is 6.64. The number of nitrogens with one attached hydrogen (secondary N) is 1. The molecule has 0 aromatic heterocycles. The van der Waals surface area contributed by atoms with Gasteiger partial charge in [-0.1, -0.05) is 44.5 Å². The first-order valence-electron chi connectivity index (χ1n) is 7.04. The van der Waals surface area contributed by atoms with Crippen LogP contribution < -0.4 is 5.32 Å². The highest BCUT2D eigenvalue weighted by atomic mass is 35.5. The second kappa shape index (κ2) is 6.38. The van der Waals surface area contributed by atoms with E-state index in [-0.39, 0.29) is 21.7 Å². The highest BCUT2D eigenvalue weighted by Crippen LogP contribution is 2.26. The van der Waals surface area contributed by atoms with Gasteiger partial charge in [-0.3, -0.25) is 14.9 Å². The molecular weight excluding hydrogens is 316 g/mol. The number of benzene rings is 2. The maximum atomic E-state index is 12.3. The van der Waals surface area contributed by atoms with Crippen LogP contribution in [0.1, 0.15) is 36.7 Å². The van der Waals surface area contributed by atoms with Crippen molar-refractivity contribution in [2.45, 2.75) is 26.2 Å².